The van der Waals surface area contributed by atoms with E-state index in [0.29, 0.717) is 29.6 Å². The Morgan fingerprint density at radius 3 is 2.68 bits per heavy atom. The van der Waals surface area contributed by atoms with Crippen molar-refractivity contribution in [3.8, 4) is 0 Å². The number of hydrogen-bond acceptors (Lipinski definition) is 4. The van der Waals surface area contributed by atoms with Crippen molar-refractivity contribution in [3.63, 3.8) is 0 Å². The Hall–Kier alpha value is -1.95. The fraction of sp³-hybridized carbons (Fsp3) is 0.517. The van der Waals surface area contributed by atoms with Gasteiger partial charge >= 0.3 is 0 Å². The smallest absolute Gasteiger partial charge is 0.0940 e. The number of benzene rings is 1. The van der Waals surface area contributed by atoms with E-state index in [1.807, 2.05) is 24.3 Å². The van der Waals surface area contributed by atoms with Gasteiger partial charge in [0.05, 0.1) is 26.8 Å². The Balaban J connectivity index is 1.51. The third-order valence-electron chi connectivity index (χ3n) is 8.60. The van der Waals surface area contributed by atoms with Crippen molar-refractivity contribution in [2.24, 2.45) is 23.2 Å². The summed E-state index contributed by atoms with van der Waals surface area (Å²) in [5.41, 5.74) is 3.35. The molecule has 1 unspecified atom stereocenters. The van der Waals surface area contributed by atoms with Crippen LogP contribution in [0, 0.1) is 27.9 Å². The molecule has 0 saturated heterocycles. The summed E-state index contributed by atoms with van der Waals surface area (Å²) in [6, 6.07) is 9.08. The van der Waals surface area contributed by atoms with Crippen LogP contribution in [-0.4, -0.2) is 26.6 Å². The molecule has 1 aromatic carbocycles. The van der Waals surface area contributed by atoms with Gasteiger partial charge < -0.3 is 10.2 Å². The lowest BCUT2D eigenvalue weighted by Crippen LogP contribution is -2.35. The molecule has 0 bridgehead atoms. The van der Waals surface area contributed by atoms with E-state index in [1.165, 1.54) is 12.0 Å². The van der Waals surface area contributed by atoms with Crippen molar-refractivity contribution in [2.75, 3.05) is 0 Å². The molecule has 0 radical (unpaired) electrons. The van der Waals surface area contributed by atoms with Gasteiger partial charge in [-0.1, -0.05) is 62.4 Å². The van der Waals surface area contributed by atoms with Gasteiger partial charge in [-0.3, -0.25) is 0 Å². The van der Waals surface area contributed by atoms with Gasteiger partial charge in [0.25, 0.3) is 0 Å². The molecule has 3 aliphatic rings. The molecule has 0 spiro atoms. The fourth-order valence-corrected chi connectivity index (χ4v) is 7.87. The Bertz CT molecular complexity index is 1100. The van der Waals surface area contributed by atoms with Gasteiger partial charge in [-0.15, -0.1) is 0 Å². The molecule has 3 N–H and O–H groups in total. The number of allylic oxidation sites excluding steroid dienone is 4. The van der Waals surface area contributed by atoms with Gasteiger partial charge in [0, 0.05) is 11.8 Å². The molecule has 3 aliphatic carbocycles. The highest BCUT2D eigenvalue weighted by molar-refractivity contribution is 7.95. The summed E-state index contributed by atoms with van der Waals surface area (Å²) >= 11 is 0. The Labute approximate surface area is 205 Å². The number of rotatable bonds is 5. The number of hydrogen-bond donors (Lipinski definition) is 3. The first kappa shape index (κ1) is 25.2. The van der Waals surface area contributed by atoms with Gasteiger partial charge in [0.15, 0.2) is 0 Å². The first-order chi connectivity index (χ1) is 16.1. The minimum atomic E-state index is -2.93. The van der Waals surface area contributed by atoms with Crippen LogP contribution in [0.4, 0.5) is 0 Å². The van der Waals surface area contributed by atoms with E-state index in [0.717, 1.165) is 36.8 Å². The van der Waals surface area contributed by atoms with Crippen LogP contribution in [-0.2, 0) is 9.73 Å². The van der Waals surface area contributed by atoms with Crippen molar-refractivity contribution in [2.45, 2.75) is 75.9 Å². The lowest BCUT2D eigenvalue weighted by atomic mass is 9.61. The fourth-order valence-electron chi connectivity index (χ4n) is 6.68. The quantitative estimate of drug-likeness (QED) is 0.456. The normalized spacial score (nSPS) is 37.1. The number of nitrogens with one attached hydrogen (secondary N) is 1. The third-order valence-corrected chi connectivity index (χ3v) is 10.1. The Morgan fingerprint density at radius 2 is 1.94 bits per heavy atom. The molecule has 4 nitrogen and oxygen atoms in total. The van der Waals surface area contributed by atoms with E-state index in [9.17, 15) is 14.4 Å². The molecular weight excluding hydrogens is 442 g/mol. The summed E-state index contributed by atoms with van der Waals surface area (Å²) in [6.45, 7) is 8.68. The summed E-state index contributed by atoms with van der Waals surface area (Å²) in [4.78, 5) is 0.560. The lowest BCUT2D eigenvalue weighted by Gasteiger charge is -2.44. The largest absolute Gasteiger partial charge is 0.393 e. The number of aliphatic hydroxyl groups is 2. The molecule has 0 amide bonds. The average Bonchev–Trinajstić information content (AvgIpc) is 3.17. The zero-order valence-electron chi connectivity index (χ0n) is 20.5. The molecular formula is C29H39NO3S. The minimum absolute atomic E-state index is 0.185. The summed E-state index contributed by atoms with van der Waals surface area (Å²) in [6.07, 6.45) is 11.8. The minimum Gasteiger partial charge on any atom is -0.393 e. The third kappa shape index (κ3) is 5.02. The van der Waals surface area contributed by atoms with E-state index >= 15 is 0 Å². The van der Waals surface area contributed by atoms with Crippen molar-refractivity contribution in [3.05, 3.63) is 77.3 Å². The molecule has 0 aromatic heterocycles. The maximum absolute atomic E-state index is 13.0. The predicted octanol–water partition coefficient (Wildman–Crippen LogP) is 6.38. The summed E-state index contributed by atoms with van der Waals surface area (Å²) < 4.78 is 21.3. The second-order valence-corrected chi connectivity index (χ2v) is 12.7. The monoisotopic (exact) mass is 481 g/mol. The van der Waals surface area contributed by atoms with Crippen molar-refractivity contribution in [1.29, 1.82) is 4.78 Å². The van der Waals surface area contributed by atoms with Crippen LogP contribution in [0.25, 0.3) is 0 Å². The Kier molecular flexibility index (Phi) is 7.37. The van der Waals surface area contributed by atoms with E-state index in [-0.39, 0.29) is 11.3 Å². The Morgan fingerprint density at radius 1 is 1.21 bits per heavy atom. The van der Waals surface area contributed by atoms with Crippen LogP contribution < -0.4 is 0 Å². The standard InChI is InChI=1S/C29H39NO3S/c1-20(15-17-34(30,33)25-9-5-4-6-10-25)26-13-14-27-22(8-7-16-29(26,27)3)11-12-23-18-24(31)19-28(32)21(23)2/h4-6,9-12,15,17,20,24,26-28,30-32H,2,7-8,13-14,16,18-19H2,1,3H3/b17-15+,22-11+,23-12-/t20-,24+,26+,27-,28-,29+,34?/m0/s1. The molecule has 34 heavy (non-hydrogen) atoms. The summed E-state index contributed by atoms with van der Waals surface area (Å²) in [5.74, 6) is 1.26. The van der Waals surface area contributed by atoms with Gasteiger partial charge in [0.1, 0.15) is 0 Å². The van der Waals surface area contributed by atoms with E-state index in [2.05, 4.69) is 32.6 Å². The molecule has 3 saturated carbocycles. The van der Waals surface area contributed by atoms with Crippen LogP contribution in [0.5, 0.6) is 0 Å². The zero-order chi connectivity index (χ0) is 24.5. The van der Waals surface area contributed by atoms with Crippen LogP contribution in [0.1, 0.15) is 58.8 Å². The highest BCUT2D eigenvalue weighted by Gasteiger charge is 2.50. The molecule has 4 rings (SSSR count). The summed E-state index contributed by atoms with van der Waals surface area (Å²) in [7, 11) is -2.93. The van der Waals surface area contributed by atoms with Gasteiger partial charge in [0.2, 0.25) is 0 Å². The topological polar surface area (TPSA) is 81.4 Å². The highest BCUT2D eigenvalue weighted by atomic mass is 32.2. The predicted molar refractivity (Wildman–Crippen MR) is 139 cm³/mol. The summed E-state index contributed by atoms with van der Waals surface area (Å²) in [5, 5.41) is 21.9. The van der Waals surface area contributed by atoms with Gasteiger partial charge in [-0.2, -0.15) is 0 Å². The van der Waals surface area contributed by atoms with Gasteiger partial charge in [-0.25, -0.2) is 8.99 Å². The van der Waals surface area contributed by atoms with E-state index in [4.69, 9.17) is 4.78 Å². The van der Waals surface area contributed by atoms with E-state index < -0.39 is 21.9 Å². The van der Waals surface area contributed by atoms with Gasteiger partial charge in [-0.05, 0) is 85.0 Å². The maximum Gasteiger partial charge on any atom is 0.0940 e. The highest BCUT2D eigenvalue weighted by Crippen LogP contribution is 2.59. The van der Waals surface area contributed by atoms with Crippen LogP contribution in [0.15, 0.2) is 82.2 Å². The number of aliphatic hydroxyl groups excluding tert-OH is 2. The lowest BCUT2D eigenvalue weighted by molar-refractivity contribution is 0.0862. The van der Waals surface area contributed by atoms with Crippen molar-refractivity contribution in [1.82, 2.24) is 0 Å². The SMILES string of the molecule is C=C1/C(=C\C=C2/CCC[C@]3(C)[C@@H]([C@@H](C)/C=C/S(=N)(=O)c4ccccc4)CC[C@@H]23)C[C@@H](O)C[C@@H]1O. The molecule has 1 aromatic rings. The zero-order valence-corrected chi connectivity index (χ0v) is 21.3. The average molecular weight is 482 g/mol. The molecule has 5 heteroatoms. The second-order valence-electron chi connectivity index (χ2n) is 10.8. The first-order valence-electron chi connectivity index (χ1n) is 12.6. The molecule has 0 heterocycles. The van der Waals surface area contributed by atoms with Crippen molar-refractivity contribution < 1.29 is 14.4 Å². The molecule has 184 valence electrons. The number of fused-ring (bicyclic) bond motifs is 1. The molecule has 3 fully saturated rings. The second kappa shape index (κ2) is 9.96. The maximum atomic E-state index is 13.0. The molecule has 7 atom stereocenters. The van der Waals surface area contributed by atoms with Crippen LogP contribution in [0.3, 0.4) is 0 Å². The first-order valence-corrected chi connectivity index (χ1v) is 14.2. The molecule has 0 aliphatic heterocycles. The van der Waals surface area contributed by atoms with Crippen LogP contribution >= 0.6 is 0 Å². The van der Waals surface area contributed by atoms with E-state index in [1.54, 1.807) is 17.5 Å². The van der Waals surface area contributed by atoms with Crippen LogP contribution in [0.2, 0.25) is 0 Å². The van der Waals surface area contributed by atoms with Crippen molar-refractivity contribution >= 4 is 9.73 Å².